The molecule has 0 unspecified atom stereocenters. The summed E-state index contributed by atoms with van der Waals surface area (Å²) in [5.74, 6) is 2.61. The van der Waals surface area contributed by atoms with E-state index in [4.69, 9.17) is 0 Å². The highest BCUT2D eigenvalue weighted by molar-refractivity contribution is 7.99. The lowest BCUT2D eigenvalue weighted by Crippen LogP contribution is -2.24. The highest BCUT2D eigenvalue weighted by atomic mass is 32.2. The molecule has 1 saturated heterocycles. The predicted octanol–water partition coefficient (Wildman–Crippen LogP) is 2.50. The zero-order valence-corrected chi connectivity index (χ0v) is 9.98. The van der Waals surface area contributed by atoms with Crippen LogP contribution in [0.1, 0.15) is 17.5 Å². The largest absolute Gasteiger partial charge is 0.315 e. The smallest absolute Gasteiger partial charge is 0.00585 e. The van der Waals surface area contributed by atoms with Gasteiger partial charge in [-0.3, -0.25) is 0 Å². The highest BCUT2D eigenvalue weighted by Crippen LogP contribution is 2.20. The summed E-state index contributed by atoms with van der Waals surface area (Å²) >= 11 is 2.03. The van der Waals surface area contributed by atoms with Gasteiger partial charge in [0.2, 0.25) is 0 Å². The number of fused-ring (bicyclic) bond motifs is 1. The van der Waals surface area contributed by atoms with Crippen LogP contribution in [-0.4, -0.2) is 24.6 Å². The minimum atomic E-state index is 1.21. The first-order chi connectivity index (χ1) is 7.47. The van der Waals surface area contributed by atoms with Crippen molar-refractivity contribution < 1.29 is 0 Å². The number of benzene rings is 1. The lowest BCUT2D eigenvalue weighted by molar-refractivity contribution is 0.756. The van der Waals surface area contributed by atoms with E-state index >= 15 is 0 Å². The Morgan fingerprint density at radius 1 is 0.933 bits per heavy atom. The van der Waals surface area contributed by atoms with Gasteiger partial charge in [-0.25, -0.2) is 0 Å². The first-order valence-corrected chi connectivity index (χ1v) is 6.97. The van der Waals surface area contributed by atoms with Gasteiger partial charge in [-0.05, 0) is 30.4 Å². The minimum absolute atomic E-state index is 1.21. The molecule has 3 rings (SSSR count). The van der Waals surface area contributed by atoms with Crippen LogP contribution in [0.4, 0.5) is 0 Å². The second-order valence-corrected chi connectivity index (χ2v) is 5.21. The summed E-state index contributed by atoms with van der Waals surface area (Å²) in [5, 5.41) is 3.26. The van der Waals surface area contributed by atoms with Crippen LogP contribution in [0.15, 0.2) is 24.3 Å². The van der Waals surface area contributed by atoms with Crippen LogP contribution < -0.4 is 5.32 Å². The van der Waals surface area contributed by atoms with E-state index in [1.54, 1.807) is 11.1 Å². The van der Waals surface area contributed by atoms with Crippen LogP contribution in [0.2, 0.25) is 0 Å². The molecule has 1 heterocycles. The predicted molar refractivity (Wildman–Crippen MR) is 68.7 cm³/mol. The van der Waals surface area contributed by atoms with Crippen LogP contribution >= 0.6 is 11.8 Å². The Hall–Kier alpha value is -0.470. The SMILES string of the molecule is C1CSCCN1.c1ccc2c(c1)CCC2. The number of hydrogen-bond acceptors (Lipinski definition) is 2. The lowest BCUT2D eigenvalue weighted by atomic mass is 10.1. The average Bonchev–Trinajstić information content (AvgIpc) is 2.80. The molecule has 0 atom stereocenters. The maximum absolute atomic E-state index is 3.26. The summed E-state index contributed by atoms with van der Waals surface area (Å²) in [6.45, 7) is 2.43. The number of thioether (sulfide) groups is 1. The summed E-state index contributed by atoms with van der Waals surface area (Å²) in [5.41, 5.74) is 3.13. The van der Waals surface area contributed by atoms with E-state index in [0.717, 1.165) is 0 Å². The van der Waals surface area contributed by atoms with Gasteiger partial charge in [0.1, 0.15) is 0 Å². The molecular weight excluding hydrogens is 202 g/mol. The Balaban J connectivity index is 0.000000124. The number of nitrogens with one attached hydrogen (secondary N) is 1. The number of hydrogen-bond donors (Lipinski definition) is 1. The molecule has 1 aliphatic heterocycles. The van der Waals surface area contributed by atoms with Crippen LogP contribution in [0, 0.1) is 0 Å². The standard InChI is InChI=1S/C9H10.C4H9NS/c1-2-5-9-7-3-6-8(9)4-1;1-3-6-4-2-5-1/h1-2,4-5H,3,6-7H2;5H,1-4H2. The van der Waals surface area contributed by atoms with Gasteiger partial charge in [-0.15, -0.1) is 0 Å². The molecule has 0 saturated carbocycles. The molecule has 1 nitrogen and oxygen atoms in total. The first-order valence-electron chi connectivity index (χ1n) is 5.82. The van der Waals surface area contributed by atoms with Crippen LogP contribution in [-0.2, 0) is 12.8 Å². The molecule has 0 spiro atoms. The van der Waals surface area contributed by atoms with Gasteiger partial charge in [0, 0.05) is 24.6 Å². The van der Waals surface area contributed by atoms with Crippen molar-refractivity contribution in [3.8, 4) is 0 Å². The van der Waals surface area contributed by atoms with E-state index in [1.165, 1.54) is 43.9 Å². The fourth-order valence-corrected chi connectivity index (χ4v) is 2.81. The van der Waals surface area contributed by atoms with Gasteiger partial charge in [-0.2, -0.15) is 11.8 Å². The van der Waals surface area contributed by atoms with Crippen molar-refractivity contribution in [2.24, 2.45) is 0 Å². The van der Waals surface area contributed by atoms with Crippen molar-refractivity contribution in [2.45, 2.75) is 19.3 Å². The molecule has 1 fully saturated rings. The molecule has 1 N–H and O–H groups in total. The van der Waals surface area contributed by atoms with Gasteiger partial charge in [0.15, 0.2) is 0 Å². The van der Waals surface area contributed by atoms with Crippen LogP contribution in [0.5, 0.6) is 0 Å². The lowest BCUT2D eigenvalue weighted by Gasteiger charge is -2.08. The Labute approximate surface area is 96.7 Å². The molecule has 0 radical (unpaired) electrons. The van der Waals surface area contributed by atoms with Crippen molar-refractivity contribution >= 4 is 11.8 Å². The molecule has 2 aliphatic rings. The molecule has 1 aromatic rings. The van der Waals surface area contributed by atoms with Gasteiger partial charge in [-0.1, -0.05) is 24.3 Å². The third kappa shape index (κ3) is 3.54. The number of rotatable bonds is 0. The maximum atomic E-state index is 3.26. The van der Waals surface area contributed by atoms with Crippen molar-refractivity contribution in [3.05, 3.63) is 35.4 Å². The minimum Gasteiger partial charge on any atom is -0.315 e. The van der Waals surface area contributed by atoms with Gasteiger partial charge in [0.25, 0.3) is 0 Å². The molecule has 0 bridgehead atoms. The van der Waals surface area contributed by atoms with E-state index in [0.29, 0.717) is 0 Å². The van der Waals surface area contributed by atoms with Gasteiger partial charge in [0.05, 0.1) is 0 Å². The zero-order chi connectivity index (χ0) is 10.3. The van der Waals surface area contributed by atoms with Gasteiger partial charge < -0.3 is 5.32 Å². The molecule has 15 heavy (non-hydrogen) atoms. The second kappa shape index (κ2) is 6.19. The Bertz CT molecular complexity index is 260. The second-order valence-electron chi connectivity index (χ2n) is 3.98. The maximum Gasteiger partial charge on any atom is 0.00585 e. The molecule has 1 aliphatic carbocycles. The highest BCUT2D eigenvalue weighted by Gasteiger charge is 2.07. The first kappa shape index (κ1) is 11.0. The Morgan fingerprint density at radius 3 is 1.93 bits per heavy atom. The van der Waals surface area contributed by atoms with E-state index in [9.17, 15) is 0 Å². The van der Waals surface area contributed by atoms with Crippen LogP contribution in [0.3, 0.4) is 0 Å². The molecule has 1 aromatic carbocycles. The molecule has 82 valence electrons. The van der Waals surface area contributed by atoms with Crippen molar-refractivity contribution in [3.63, 3.8) is 0 Å². The van der Waals surface area contributed by atoms with E-state index in [2.05, 4.69) is 29.6 Å². The zero-order valence-electron chi connectivity index (χ0n) is 9.17. The third-order valence-corrected chi connectivity index (χ3v) is 3.84. The summed E-state index contributed by atoms with van der Waals surface area (Å²) in [6.07, 6.45) is 3.96. The van der Waals surface area contributed by atoms with Gasteiger partial charge >= 0.3 is 0 Å². The third-order valence-electron chi connectivity index (χ3n) is 2.86. The quantitative estimate of drug-likeness (QED) is 0.722. The fourth-order valence-electron chi connectivity index (χ4n) is 2.03. The Morgan fingerprint density at radius 2 is 1.53 bits per heavy atom. The van der Waals surface area contributed by atoms with E-state index in [-0.39, 0.29) is 0 Å². The average molecular weight is 221 g/mol. The summed E-state index contributed by atoms with van der Waals surface area (Å²) in [7, 11) is 0. The molecule has 2 heteroatoms. The monoisotopic (exact) mass is 221 g/mol. The van der Waals surface area contributed by atoms with Crippen LogP contribution in [0.25, 0.3) is 0 Å². The van der Waals surface area contributed by atoms with Crippen molar-refractivity contribution in [2.75, 3.05) is 24.6 Å². The topological polar surface area (TPSA) is 12.0 Å². The fraction of sp³-hybridized carbons (Fsp3) is 0.538. The summed E-state index contributed by atoms with van der Waals surface area (Å²) in [4.78, 5) is 0. The molecule has 0 amide bonds. The molecular formula is C13H19NS. The number of aryl methyl sites for hydroxylation is 2. The summed E-state index contributed by atoms with van der Waals surface area (Å²) < 4.78 is 0. The van der Waals surface area contributed by atoms with Crippen molar-refractivity contribution in [1.29, 1.82) is 0 Å². The van der Waals surface area contributed by atoms with E-state index in [1.807, 2.05) is 11.8 Å². The Kier molecular flexibility index (Phi) is 4.55. The molecule has 0 aromatic heterocycles. The summed E-state index contributed by atoms with van der Waals surface area (Å²) in [6, 6.07) is 8.74. The normalized spacial score (nSPS) is 18.9. The van der Waals surface area contributed by atoms with Crippen molar-refractivity contribution in [1.82, 2.24) is 5.32 Å². The van der Waals surface area contributed by atoms with E-state index < -0.39 is 0 Å².